The van der Waals surface area contributed by atoms with E-state index in [2.05, 4.69) is 20.0 Å². The SMILES string of the molecule is CC(C)(C)OC(=O)N1CCC2(CC1)CN(c1nn3c(-c4cnc(N)c(C(F)(F)F)c4)cnc3s1)C2. The molecule has 2 N–H and O–H groups in total. The highest BCUT2D eigenvalue weighted by Gasteiger charge is 2.47. The quantitative estimate of drug-likeness (QED) is 0.550. The third-order valence-electron chi connectivity index (χ3n) is 6.39. The van der Waals surface area contributed by atoms with Crippen molar-refractivity contribution in [3.05, 3.63) is 24.0 Å². The zero-order valence-electron chi connectivity index (χ0n) is 19.6. The fourth-order valence-corrected chi connectivity index (χ4v) is 5.43. The number of piperidine rings is 1. The second kappa shape index (κ2) is 7.97. The van der Waals surface area contributed by atoms with Crippen molar-refractivity contribution < 1.29 is 22.7 Å². The lowest BCUT2D eigenvalue weighted by molar-refractivity contribution is -0.137. The number of carbonyl (C=O) groups is 1. The number of fused-ring (bicyclic) bond motifs is 1. The Labute approximate surface area is 203 Å². The molecule has 5 rings (SSSR count). The van der Waals surface area contributed by atoms with Gasteiger partial charge in [-0.05, 0) is 39.7 Å². The summed E-state index contributed by atoms with van der Waals surface area (Å²) in [5, 5.41) is 5.38. The molecule has 0 radical (unpaired) electrons. The lowest BCUT2D eigenvalue weighted by Crippen LogP contribution is -2.61. The van der Waals surface area contributed by atoms with Gasteiger partial charge in [-0.3, -0.25) is 0 Å². The highest BCUT2D eigenvalue weighted by atomic mass is 32.1. The standard InChI is InChI=1S/C22H26F3N7O2S/c1-20(2,3)34-19(33)30-6-4-21(5-7-30)11-31(12-21)18-29-32-15(10-28-17(32)35-18)13-8-14(22(23,24)25)16(26)27-9-13/h8-10H,4-7,11-12H2,1-3H3,(H2,26,27). The largest absolute Gasteiger partial charge is 0.444 e. The second-order valence-electron chi connectivity index (χ2n) is 10.2. The predicted molar refractivity (Wildman–Crippen MR) is 125 cm³/mol. The maximum absolute atomic E-state index is 13.3. The molecule has 1 amide bonds. The Morgan fingerprint density at radius 1 is 1.14 bits per heavy atom. The summed E-state index contributed by atoms with van der Waals surface area (Å²) in [5.41, 5.74) is 4.71. The van der Waals surface area contributed by atoms with Gasteiger partial charge < -0.3 is 20.3 Å². The summed E-state index contributed by atoms with van der Waals surface area (Å²) in [7, 11) is 0. The van der Waals surface area contributed by atoms with E-state index in [-0.39, 0.29) is 17.1 Å². The number of imidazole rings is 1. The Morgan fingerprint density at radius 2 is 1.83 bits per heavy atom. The molecule has 2 aliphatic rings. The topological polar surface area (TPSA) is 102 Å². The lowest BCUT2D eigenvalue weighted by atomic mass is 9.72. The summed E-state index contributed by atoms with van der Waals surface area (Å²) >= 11 is 1.38. The Bertz CT molecular complexity index is 1260. The molecule has 1 spiro atoms. The molecule has 9 nitrogen and oxygen atoms in total. The Balaban J connectivity index is 1.27. The first kappa shape index (κ1) is 23.6. The van der Waals surface area contributed by atoms with E-state index in [1.807, 2.05) is 20.8 Å². The van der Waals surface area contributed by atoms with Crippen molar-refractivity contribution in [3.8, 4) is 11.3 Å². The summed E-state index contributed by atoms with van der Waals surface area (Å²) in [4.78, 5) is 24.9. The number of hydrogen-bond donors (Lipinski definition) is 1. The second-order valence-corrected chi connectivity index (χ2v) is 11.1. The first-order valence-corrected chi connectivity index (χ1v) is 12.1. The van der Waals surface area contributed by atoms with Crippen LogP contribution in [0.1, 0.15) is 39.2 Å². The van der Waals surface area contributed by atoms with Crippen LogP contribution in [0.4, 0.5) is 28.9 Å². The number of nitrogens with zero attached hydrogens (tertiary/aromatic N) is 6. The van der Waals surface area contributed by atoms with Gasteiger partial charge in [-0.25, -0.2) is 19.3 Å². The summed E-state index contributed by atoms with van der Waals surface area (Å²) in [5.74, 6) is -0.565. The number of amides is 1. The monoisotopic (exact) mass is 509 g/mol. The summed E-state index contributed by atoms with van der Waals surface area (Å²) in [6.07, 6.45) is -0.330. The maximum atomic E-state index is 13.3. The third-order valence-corrected chi connectivity index (χ3v) is 7.38. The molecular formula is C22H26F3N7O2S. The van der Waals surface area contributed by atoms with Gasteiger partial charge in [0.15, 0.2) is 0 Å². The van der Waals surface area contributed by atoms with Crippen LogP contribution in [0.15, 0.2) is 18.5 Å². The minimum absolute atomic E-state index is 0.123. The molecule has 3 aromatic rings. The van der Waals surface area contributed by atoms with Crippen molar-refractivity contribution in [1.29, 1.82) is 0 Å². The zero-order chi connectivity index (χ0) is 25.2. The minimum Gasteiger partial charge on any atom is -0.444 e. The Hall–Kier alpha value is -3.09. The van der Waals surface area contributed by atoms with E-state index in [1.165, 1.54) is 23.7 Å². The van der Waals surface area contributed by atoms with Gasteiger partial charge in [-0.2, -0.15) is 13.2 Å². The summed E-state index contributed by atoms with van der Waals surface area (Å²) < 4.78 is 46.8. The molecule has 0 aromatic carbocycles. The van der Waals surface area contributed by atoms with Gasteiger partial charge >= 0.3 is 12.3 Å². The fraction of sp³-hybridized carbons (Fsp3) is 0.545. The van der Waals surface area contributed by atoms with Crippen LogP contribution in [0.25, 0.3) is 16.2 Å². The molecule has 5 heterocycles. The lowest BCUT2D eigenvalue weighted by Gasteiger charge is -2.53. The van der Waals surface area contributed by atoms with E-state index in [1.54, 1.807) is 9.42 Å². The van der Waals surface area contributed by atoms with Crippen molar-refractivity contribution in [1.82, 2.24) is 24.5 Å². The van der Waals surface area contributed by atoms with Gasteiger partial charge in [0.05, 0.1) is 17.5 Å². The molecule has 2 fully saturated rings. The number of anilines is 2. The molecule has 0 aliphatic carbocycles. The van der Waals surface area contributed by atoms with Crippen LogP contribution in [-0.4, -0.2) is 62.4 Å². The van der Waals surface area contributed by atoms with Crippen LogP contribution in [0.5, 0.6) is 0 Å². The highest BCUT2D eigenvalue weighted by molar-refractivity contribution is 7.20. The van der Waals surface area contributed by atoms with Crippen molar-refractivity contribution >= 4 is 33.3 Å². The molecule has 188 valence electrons. The average molecular weight is 510 g/mol. The van der Waals surface area contributed by atoms with Crippen molar-refractivity contribution in [2.75, 3.05) is 36.8 Å². The molecule has 13 heteroatoms. The van der Waals surface area contributed by atoms with E-state index >= 15 is 0 Å². The fourth-order valence-electron chi connectivity index (χ4n) is 4.55. The van der Waals surface area contributed by atoms with Crippen LogP contribution in [0.2, 0.25) is 0 Å². The van der Waals surface area contributed by atoms with E-state index in [0.717, 1.165) is 37.1 Å². The number of halogens is 3. The average Bonchev–Trinajstić information content (AvgIpc) is 3.31. The van der Waals surface area contributed by atoms with Crippen molar-refractivity contribution in [3.63, 3.8) is 0 Å². The number of ether oxygens (including phenoxy) is 1. The Kier molecular flexibility index (Phi) is 5.38. The van der Waals surface area contributed by atoms with Crippen molar-refractivity contribution in [2.45, 2.75) is 45.4 Å². The number of nitrogens with two attached hydrogens (primary N) is 1. The molecule has 0 saturated carbocycles. The molecule has 0 atom stereocenters. The number of pyridine rings is 1. The van der Waals surface area contributed by atoms with Crippen LogP contribution in [-0.2, 0) is 10.9 Å². The molecule has 35 heavy (non-hydrogen) atoms. The number of rotatable bonds is 2. The smallest absolute Gasteiger partial charge is 0.419 e. The van der Waals surface area contributed by atoms with E-state index in [4.69, 9.17) is 10.5 Å². The first-order chi connectivity index (χ1) is 16.3. The molecular weight excluding hydrogens is 483 g/mol. The zero-order valence-corrected chi connectivity index (χ0v) is 20.4. The predicted octanol–water partition coefficient (Wildman–Crippen LogP) is 4.29. The number of nitrogen functional groups attached to an aromatic ring is 1. The van der Waals surface area contributed by atoms with Crippen LogP contribution >= 0.6 is 11.3 Å². The van der Waals surface area contributed by atoms with Gasteiger partial charge in [0.25, 0.3) is 0 Å². The first-order valence-electron chi connectivity index (χ1n) is 11.2. The van der Waals surface area contributed by atoms with E-state index < -0.39 is 23.2 Å². The van der Waals surface area contributed by atoms with Gasteiger partial charge in [-0.15, -0.1) is 5.10 Å². The number of aromatic nitrogens is 4. The number of alkyl halides is 3. The van der Waals surface area contributed by atoms with Gasteiger partial charge in [0.1, 0.15) is 11.4 Å². The highest BCUT2D eigenvalue weighted by Crippen LogP contribution is 2.44. The van der Waals surface area contributed by atoms with Crippen molar-refractivity contribution in [2.24, 2.45) is 5.41 Å². The van der Waals surface area contributed by atoms with Gasteiger partial charge in [-0.1, -0.05) is 11.3 Å². The van der Waals surface area contributed by atoms with Gasteiger partial charge in [0, 0.05) is 43.4 Å². The Morgan fingerprint density at radius 3 is 2.46 bits per heavy atom. The molecule has 0 unspecified atom stereocenters. The van der Waals surface area contributed by atoms with Crippen LogP contribution in [0.3, 0.4) is 0 Å². The summed E-state index contributed by atoms with van der Waals surface area (Å²) in [6, 6.07) is 0.974. The molecule has 2 aliphatic heterocycles. The van der Waals surface area contributed by atoms with E-state index in [9.17, 15) is 18.0 Å². The normalized spacial score (nSPS) is 18.2. The molecule has 0 bridgehead atoms. The molecule has 2 saturated heterocycles. The minimum atomic E-state index is -4.60. The summed E-state index contributed by atoms with van der Waals surface area (Å²) in [6.45, 7) is 8.49. The van der Waals surface area contributed by atoms with Crippen LogP contribution < -0.4 is 10.6 Å². The number of carbonyl (C=O) groups excluding carboxylic acids is 1. The van der Waals surface area contributed by atoms with Gasteiger partial charge in [0.2, 0.25) is 10.1 Å². The van der Waals surface area contributed by atoms with E-state index in [0.29, 0.717) is 23.7 Å². The number of hydrogen-bond acceptors (Lipinski definition) is 8. The number of likely N-dealkylation sites (tertiary alicyclic amines) is 1. The van der Waals surface area contributed by atoms with Crippen LogP contribution in [0, 0.1) is 5.41 Å². The molecule has 3 aromatic heterocycles. The third kappa shape index (κ3) is 4.48. The maximum Gasteiger partial charge on any atom is 0.419 e.